The van der Waals surface area contributed by atoms with Crippen LogP contribution >= 0.6 is 0 Å². The lowest BCUT2D eigenvalue weighted by atomic mass is 9.99. The Morgan fingerprint density at radius 2 is 2.20 bits per heavy atom. The third-order valence-corrected chi connectivity index (χ3v) is 2.13. The van der Waals surface area contributed by atoms with Gasteiger partial charge in [-0.05, 0) is 5.92 Å². The number of nitrogens with one attached hydrogen (secondary N) is 1. The van der Waals surface area contributed by atoms with Crippen LogP contribution in [-0.4, -0.2) is 24.6 Å². The standard InChI is InChI=1S/C10H18N2O3/c1-4-6-15-10(14)12-8(9(11)13)7(3)5-2/h4,7-8H,1,5-6H2,2-3H3,(H2,11,13)(H,12,14). The Morgan fingerprint density at radius 1 is 1.60 bits per heavy atom. The van der Waals surface area contributed by atoms with Gasteiger partial charge in [-0.2, -0.15) is 0 Å². The SMILES string of the molecule is C=CCOC(=O)NC(C(N)=O)C(C)CC. The molecule has 0 spiro atoms. The maximum Gasteiger partial charge on any atom is 0.408 e. The zero-order chi connectivity index (χ0) is 11.8. The van der Waals surface area contributed by atoms with Crippen LogP contribution in [0.5, 0.6) is 0 Å². The topological polar surface area (TPSA) is 81.4 Å². The summed E-state index contributed by atoms with van der Waals surface area (Å²) in [6.07, 6.45) is 1.54. The molecule has 0 heterocycles. The molecular weight excluding hydrogens is 196 g/mol. The van der Waals surface area contributed by atoms with Crippen molar-refractivity contribution in [2.45, 2.75) is 26.3 Å². The molecule has 0 aliphatic carbocycles. The maximum absolute atomic E-state index is 11.1. The van der Waals surface area contributed by atoms with E-state index in [1.165, 1.54) is 6.08 Å². The zero-order valence-corrected chi connectivity index (χ0v) is 9.16. The second kappa shape index (κ2) is 6.86. The van der Waals surface area contributed by atoms with Crippen molar-refractivity contribution in [1.29, 1.82) is 0 Å². The van der Waals surface area contributed by atoms with Crippen LogP contribution in [-0.2, 0) is 9.53 Å². The summed E-state index contributed by atoms with van der Waals surface area (Å²) in [6.45, 7) is 7.26. The van der Waals surface area contributed by atoms with Gasteiger partial charge in [-0.3, -0.25) is 4.79 Å². The molecule has 0 aliphatic rings. The minimum atomic E-state index is -0.688. The van der Waals surface area contributed by atoms with E-state index in [1.807, 2.05) is 13.8 Å². The van der Waals surface area contributed by atoms with Crippen LogP contribution in [0.2, 0.25) is 0 Å². The summed E-state index contributed by atoms with van der Waals surface area (Å²) in [5.74, 6) is -0.571. The molecule has 0 rings (SSSR count). The highest BCUT2D eigenvalue weighted by atomic mass is 16.5. The first-order valence-electron chi connectivity index (χ1n) is 4.86. The zero-order valence-electron chi connectivity index (χ0n) is 9.16. The van der Waals surface area contributed by atoms with Crippen molar-refractivity contribution >= 4 is 12.0 Å². The first-order chi connectivity index (χ1) is 7.02. The Bertz CT molecular complexity index is 241. The number of carbonyl (C=O) groups is 2. The van der Waals surface area contributed by atoms with Crippen molar-refractivity contribution in [2.24, 2.45) is 11.7 Å². The molecule has 0 aliphatic heterocycles. The van der Waals surface area contributed by atoms with Gasteiger partial charge in [0, 0.05) is 0 Å². The molecule has 5 nitrogen and oxygen atoms in total. The number of alkyl carbamates (subject to hydrolysis) is 1. The van der Waals surface area contributed by atoms with Crippen LogP contribution in [0.25, 0.3) is 0 Å². The number of nitrogens with two attached hydrogens (primary N) is 1. The highest BCUT2D eigenvalue weighted by molar-refractivity contribution is 5.84. The average Bonchev–Trinajstić information content (AvgIpc) is 2.21. The van der Waals surface area contributed by atoms with Crippen molar-refractivity contribution in [3.05, 3.63) is 12.7 Å². The number of ether oxygens (including phenoxy) is 1. The van der Waals surface area contributed by atoms with Gasteiger partial charge >= 0.3 is 6.09 Å². The average molecular weight is 214 g/mol. The molecule has 2 atom stereocenters. The summed E-state index contributed by atoms with van der Waals surface area (Å²) >= 11 is 0. The van der Waals surface area contributed by atoms with E-state index in [4.69, 9.17) is 10.5 Å². The first-order valence-corrected chi connectivity index (χ1v) is 4.86. The van der Waals surface area contributed by atoms with E-state index in [2.05, 4.69) is 11.9 Å². The fourth-order valence-corrected chi connectivity index (χ4v) is 1.03. The molecule has 2 amide bonds. The Balaban J connectivity index is 4.22. The predicted molar refractivity (Wildman–Crippen MR) is 57.1 cm³/mol. The van der Waals surface area contributed by atoms with Gasteiger partial charge < -0.3 is 15.8 Å². The Morgan fingerprint density at radius 3 is 2.60 bits per heavy atom. The maximum atomic E-state index is 11.1. The summed E-state index contributed by atoms with van der Waals surface area (Å²) in [5, 5.41) is 2.42. The summed E-state index contributed by atoms with van der Waals surface area (Å²) in [5.41, 5.74) is 5.16. The number of hydrogen-bond donors (Lipinski definition) is 2. The van der Waals surface area contributed by atoms with Crippen LogP contribution in [0.1, 0.15) is 20.3 Å². The van der Waals surface area contributed by atoms with Gasteiger partial charge in [0.05, 0.1) is 0 Å². The van der Waals surface area contributed by atoms with Gasteiger partial charge in [-0.25, -0.2) is 4.79 Å². The number of amides is 2. The highest BCUT2D eigenvalue weighted by Gasteiger charge is 2.23. The molecule has 0 aromatic carbocycles. The van der Waals surface area contributed by atoms with E-state index < -0.39 is 18.0 Å². The molecule has 0 fully saturated rings. The largest absolute Gasteiger partial charge is 0.445 e. The number of primary amides is 1. The van der Waals surface area contributed by atoms with E-state index in [0.717, 1.165) is 6.42 Å². The van der Waals surface area contributed by atoms with Crippen LogP contribution in [0, 0.1) is 5.92 Å². The monoisotopic (exact) mass is 214 g/mol. The molecule has 5 heteroatoms. The van der Waals surface area contributed by atoms with Gasteiger partial charge in [0.1, 0.15) is 12.6 Å². The third kappa shape index (κ3) is 5.05. The molecule has 0 saturated carbocycles. The van der Waals surface area contributed by atoms with Crippen LogP contribution < -0.4 is 11.1 Å². The van der Waals surface area contributed by atoms with E-state index >= 15 is 0 Å². The fourth-order valence-electron chi connectivity index (χ4n) is 1.03. The number of hydrogen-bond acceptors (Lipinski definition) is 3. The van der Waals surface area contributed by atoms with Crippen molar-refractivity contribution < 1.29 is 14.3 Å². The Kier molecular flexibility index (Phi) is 6.17. The van der Waals surface area contributed by atoms with E-state index in [1.54, 1.807) is 0 Å². The lowest BCUT2D eigenvalue weighted by Gasteiger charge is -2.20. The molecule has 0 saturated heterocycles. The van der Waals surface area contributed by atoms with Crippen molar-refractivity contribution in [3.63, 3.8) is 0 Å². The summed E-state index contributed by atoms with van der Waals surface area (Å²) in [7, 11) is 0. The van der Waals surface area contributed by atoms with Crippen LogP contribution in [0.4, 0.5) is 4.79 Å². The van der Waals surface area contributed by atoms with Gasteiger partial charge in [0.15, 0.2) is 0 Å². The lowest BCUT2D eigenvalue weighted by molar-refractivity contribution is -0.121. The van der Waals surface area contributed by atoms with Gasteiger partial charge in [0.2, 0.25) is 5.91 Å². The van der Waals surface area contributed by atoms with Crippen LogP contribution in [0.15, 0.2) is 12.7 Å². The molecule has 15 heavy (non-hydrogen) atoms. The Hall–Kier alpha value is -1.52. The normalized spacial score (nSPS) is 13.7. The quantitative estimate of drug-likeness (QED) is 0.641. The van der Waals surface area contributed by atoms with Crippen molar-refractivity contribution in [1.82, 2.24) is 5.32 Å². The summed E-state index contributed by atoms with van der Waals surface area (Å²) < 4.78 is 4.69. The van der Waals surface area contributed by atoms with E-state index in [0.29, 0.717) is 0 Å². The minimum absolute atomic E-state index is 0.0150. The fraction of sp³-hybridized carbons (Fsp3) is 0.600. The van der Waals surface area contributed by atoms with Gasteiger partial charge in [-0.15, -0.1) is 0 Å². The van der Waals surface area contributed by atoms with Crippen molar-refractivity contribution in [2.75, 3.05) is 6.61 Å². The first kappa shape index (κ1) is 13.5. The van der Waals surface area contributed by atoms with Gasteiger partial charge in [0.25, 0.3) is 0 Å². The minimum Gasteiger partial charge on any atom is -0.445 e. The lowest BCUT2D eigenvalue weighted by Crippen LogP contribution is -2.48. The van der Waals surface area contributed by atoms with Gasteiger partial charge in [-0.1, -0.05) is 32.9 Å². The smallest absolute Gasteiger partial charge is 0.408 e. The molecule has 0 aromatic rings. The number of carbonyl (C=O) groups excluding carboxylic acids is 2. The molecule has 2 unspecified atom stereocenters. The molecular formula is C10H18N2O3. The molecule has 3 N–H and O–H groups in total. The van der Waals surface area contributed by atoms with Crippen molar-refractivity contribution in [3.8, 4) is 0 Å². The number of rotatable bonds is 6. The summed E-state index contributed by atoms with van der Waals surface area (Å²) in [4.78, 5) is 22.2. The van der Waals surface area contributed by atoms with E-state index in [9.17, 15) is 9.59 Å². The predicted octanol–water partition coefficient (Wildman–Crippen LogP) is 0.799. The second-order valence-electron chi connectivity index (χ2n) is 3.30. The summed E-state index contributed by atoms with van der Waals surface area (Å²) in [6, 6.07) is -0.688. The molecule has 0 bridgehead atoms. The Labute approximate surface area is 89.7 Å². The van der Waals surface area contributed by atoms with E-state index in [-0.39, 0.29) is 12.5 Å². The molecule has 0 aromatic heterocycles. The third-order valence-electron chi connectivity index (χ3n) is 2.13. The highest BCUT2D eigenvalue weighted by Crippen LogP contribution is 2.07. The molecule has 0 radical (unpaired) electrons. The van der Waals surface area contributed by atoms with Crippen LogP contribution in [0.3, 0.4) is 0 Å². The second-order valence-corrected chi connectivity index (χ2v) is 3.30. The molecule has 86 valence electrons.